The average Bonchev–Trinajstić information content (AvgIpc) is 2.34. The molecule has 1 aromatic rings. The van der Waals surface area contributed by atoms with E-state index >= 15 is 0 Å². The standard InChI is InChI=1S/C13H20ClNO2/c1-11(12-5-2-3-6-13(12)14)15-7-4-9-17-10-8-16/h2-3,5-6,11,15-16H,4,7-10H2,1H3. The van der Waals surface area contributed by atoms with Crippen LogP contribution in [0, 0.1) is 0 Å². The Balaban J connectivity index is 2.21. The molecule has 1 aromatic carbocycles. The van der Waals surface area contributed by atoms with Gasteiger partial charge in [-0.1, -0.05) is 29.8 Å². The molecule has 0 aliphatic rings. The summed E-state index contributed by atoms with van der Waals surface area (Å²) in [4.78, 5) is 0. The third-order valence-corrected chi connectivity index (χ3v) is 2.87. The van der Waals surface area contributed by atoms with E-state index in [0.717, 1.165) is 23.6 Å². The van der Waals surface area contributed by atoms with Gasteiger partial charge < -0.3 is 15.2 Å². The van der Waals surface area contributed by atoms with Gasteiger partial charge in [0, 0.05) is 17.7 Å². The SMILES string of the molecule is CC(NCCCOCCO)c1ccccc1Cl. The van der Waals surface area contributed by atoms with Crippen LogP contribution in [0.25, 0.3) is 0 Å². The fraction of sp³-hybridized carbons (Fsp3) is 0.538. The zero-order chi connectivity index (χ0) is 12.5. The maximum Gasteiger partial charge on any atom is 0.0697 e. The van der Waals surface area contributed by atoms with Gasteiger partial charge in [-0.15, -0.1) is 0 Å². The van der Waals surface area contributed by atoms with Crippen LogP contribution in [0.2, 0.25) is 5.02 Å². The number of hydrogen-bond acceptors (Lipinski definition) is 3. The van der Waals surface area contributed by atoms with Crippen LogP contribution in [-0.4, -0.2) is 31.5 Å². The van der Waals surface area contributed by atoms with E-state index in [-0.39, 0.29) is 12.6 Å². The molecule has 17 heavy (non-hydrogen) atoms. The van der Waals surface area contributed by atoms with Crippen molar-refractivity contribution in [1.82, 2.24) is 5.32 Å². The molecule has 0 aliphatic heterocycles. The molecular weight excluding hydrogens is 238 g/mol. The van der Waals surface area contributed by atoms with Gasteiger partial charge in [-0.25, -0.2) is 0 Å². The van der Waals surface area contributed by atoms with Gasteiger partial charge >= 0.3 is 0 Å². The molecule has 96 valence electrons. The largest absolute Gasteiger partial charge is 0.394 e. The van der Waals surface area contributed by atoms with Crippen molar-refractivity contribution in [3.05, 3.63) is 34.9 Å². The molecule has 0 aromatic heterocycles. The van der Waals surface area contributed by atoms with Gasteiger partial charge in [-0.2, -0.15) is 0 Å². The predicted octanol–water partition coefficient (Wildman–Crippen LogP) is 2.39. The van der Waals surface area contributed by atoms with Crippen molar-refractivity contribution in [1.29, 1.82) is 0 Å². The maximum absolute atomic E-state index is 8.53. The lowest BCUT2D eigenvalue weighted by Crippen LogP contribution is -2.21. The summed E-state index contributed by atoms with van der Waals surface area (Å²) in [7, 11) is 0. The number of aliphatic hydroxyl groups excluding tert-OH is 1. The van der Waals surface area contributed by atoms with E-state index in [4.69, 9.17) is 21.4 Å². The predicted molar refractivity (Wildman–Crippen MR) is 70.4 cm³/mol. The summed E-state index contributed by atoms with van der Waals surface area (Å²) < 4.78 is 5.18. The molecule has 0 aliphatic carbocycles. The first kappa shape index (κ1) is 14.5. The number of aliphatic hydroxyl groups is 1. The molecular formula is C13H20ClNO2. The molecule has 0 bridgehead atoms. The summed E-state index contributed by atoms with van der Waals surface area (Å²) in [5.74, 6) is 0. The van der Waals surface area contributed by atoms with Crippen LogP contribution in [-0.2, 0) is 4.74 Å². The monoisotopic (exact) mass is 257 g/mol. The third kappa shape index (κ3) is 5.50. The van der Waals surface area contributed by atoms with Crippen LogP contribution in [0.15, 0.2) is 24.3 Å². The van der Waals surface area contributed by atoms with Crippen molar-refractivity contribution in [2.24, 2.45) is 0 Å². The summed E-state index contributed by atoms with van der Waals surface area (Å²) in [6.45, 7) is 4.14. The molecule has 0 fully saturated rings. The van der Waals surface area contributed by atoms with E-state index < -0.39 is 0 Å². The number of hydrogen-bond donors (Lipinski definition) is 2. The second-order valence-electron chi connectivity index (χ2n) is 3.89. The molecule has 1 unspecified atom stereocenters. The highest BCUT2D eigenvalue weighted by molar-refractivity contribution is 6.31. The lowest BCUT2D eigenvalue weighted by atomic mass is 10.1. The Bertz CT molecular complexity index is 320. The Hall–Kier alpha value is -0.610. The number of benzene rings is 1. The van der Waals surface area contributed by atoms with Crippen LogP contribution in [0.1, 0.15) is 24.9 Å². The second-order valence-corrected chi connectivity index (χ2v) is 4.29. The quantitative estimate of drug-likeness (QED) is 0.703. The molecule has 4 heteroatoms. The zero-order valence-electron chi connectivity index (χ0n) is 10.2. The lowest BCUT2D eigenvalue weighted by Gasteiger charge is -2.15. The normalized spacial score (nSPS) is 12.6. The number of halogens is 1. The van der Waals surface area contributed by atoms with Crippen LogP contribution >= 0.6 is 11.6 Å². The van der Waals surface area contributed by atoms with Gasteiger partial charge in [0.05, 0.1) is 13.2 Å². The van der Waals surface area contributed by atoms with Crippen LogP contribution < -0.4 is 5.32 Å². The molecule has 0 spiro atoms. The van der Waals surface area contributed by atoms with Gasteiger partial charge in [0.15, 0.2) is 0 Å². The molecule has 0 radical (unpaired) electrons. The lowest BCUT2D eigenvalue weighted by molar-refractivity contribution is 0.0904. The third-order valence-electron chi connectivity index (χ3n) is 2.52. The first-order chi connectivity index (χ1) is 8.25. The molecule has 3 nitrogen and oxygen atoms in total. The van der Waals surface area contributed by atoms with Gasteiger partial charge in [-0.05, 0) is 31.5 Å². The zero-order valence-corrected chi connectivity index (χ0v) is 10.9. The summed E-state index contributed by atoms with van der Waals surface area (Å²) in [5.41, 5.74) is 1.12. The highest BCUT2D eigenvalue weighted by Crippen LogP contribution is 2.21. The Morgan fingerprint density at radius 1 is 1.35 bits per heavy atom. The van der Waals surface area contributed by atoms with Gasteiger partial charge in [0.1, 0.15) is 0 Å². The topological polar surface area (TPSA) is 41.5 Å². The molecule has 0 heterocycles. The van der Waals surface area contributed by atoms with Crippen molar-refractivity contribution < 1.29 is 9.84 Å². The van der Waals surface area contributed by atoms with Gasteiger partial charge in [0.2, 0.25) is 0 Å². The number of rotatable bonds is 8. The Labute approximate surface area is 108 Å². The van der Waals surface area contributed by atoms with E-state index in [0.29, 0.717) is 13.2 Å². The fourth-order valence-corrected chi connectivity index (χ4v) is 1.90. The second kappa shape index (κ2) is 8.48. The van der Waals surface area contributed by atoms with Crippen molar-refractivity contribution in [3.8, 4) is 0 Å². The molecule has 0 amide bonds. The summed E-state index contributed by atoms with van der Waals surface area (Å²) >= 11 is 6.11. The van der Waals surface area contributed by atoms with Crippen molar-refractivity contribution >= 4 is 11.6 Å². The Morgan fingerprint density at radius 3 is 2.82 bits per heavy atom. The van der Waals surface area contributed by atoms with Crippen LogP contribution in [0.3, 0.4) is 0 Å². The Morgan fingerprint density at radius 2 is 2.12 bits per heavy atom. The van der Waals surface area contributed by atoms with Gasteiger partial charge in [-0.3, -0.25) is 0 Å². The van der Waals surface area contributed by atoms with Crippen LogP contribution in [0.5, 0.6) is 0 Å². The van der Waals surface area contributed by atoms with Gasteiger partial charge in [0.25, 0.3) is 0 Å². The molecule has 1 atom stereocenters. The average molecular weight is 258 g/mol. The smallest absolute Gasteiger partial charge is 0.0697 e. The molecule has 0 saturated heterocycles. The first-order valence-electron chi connectivity index (χ1n) is 5.92. The minimum absolute atomic E-state index is 0.0868. The highest BCUT2D eigenvalue weighted by atomic mass is 35.5. The van der Waals surface area contributed by atoms with Crippen molar-refractivity contribution in [2.45, 2.75) is 19.4 Å². The molecule has 2 N–H and O–H groups in total. The molecule has 1 rings (SSSR count). The van der Waals surface area contributed by atoms with E-state index in [1.807, 2.05) is 24.3 Å². The van der Waals surface area contributed by atoms with E-state index in [1.165, 1.54) is 0 Å². The van der Waals surface area contributed by atoms with Crippen molar-refractivity contribution in [3.63, 3.8) is 0 Å². The fourth-order valence-electron chi connectivity index (χ4n) is 1.60. The number of nitrogens with one attached hydrogen (secondary N) is 1. The minimum atomic E-state index is 0.0868. The first-order valence-corrected chi connectivity index (χ1v) is 6.30. The van der Waals surface area contributed by atoms with E-state index in [1.54, 1.807) is 0 Å². The number of ether oxygens (including phenoxy) is 1. The molecule has 0 saturated carbocycles. The minimum Gasteiger partial charge on any atom is -0.394 e. The highest BCUT2D eigenvalue weighted by Gasteiger charge is 2.07. The van der Waals surface area contributed by atoms with E-state index in [9.17, 15) is 0 Å². The summed E-state index contributed by atoms with van der Waals surface area (Å²) in [6, 6.07) is 8.09. The Kier molecular flexibility index (Phi) is 7.21. The summed E-state index contributed by atoms with van der Waals surface area (Å²) in [5, 5.41) is 12.7. The maximum atomic E-state index is 8.53. The van der Waals surface area contributed by atoms with Crippen molar-refractivity contribution in [2.75, 3.05) is 26.4 Å². The van der Waals surface area contributed by atoms with Crippen LogP contribution in [0.4, 0.5) is 0 Å². The van der Waals surface area contributed by atoms with E-state index in [2.05, 4.69) is 12.2 Å². The summed E-state index contributed by atoms with van der Waals surface area (Å²) in [6.07, 6.45) is 0.925.